The lowest BCUT2D eigenvalue weighted by Crippen LogP contribution is -2.43. The molecule has 0 radical (unpaired) electrons. The third-order valence-corrected chi connectivity index (χ3v) is 4.66. The van der Waals surface area contributed by atoms with Crippen molar-refractivity contribution in [3.05, 3.63) is 42.0 Å². The lowest BCUT2D eigenvalue weighted by atomic mass is 9.95. The van der Waals surface area contributed by atoms with Crippen molar-refractivity contribution in [3.63, 3.8) is 0 Å². The van der Waals surface area contributed by atoms with Gasteiger partial charge in [0.25, 0.3) is 0 Å². The van der Waals surface area contributed by atoms with Gasteiger partial charge in [-0.25, -0.2) is 9.37 Å². The maximum Gasteiger partial charge on any atom is 0.308 e. The van der Waals surface area contributed by atoms with Crippen LogP contribution < -0.4 is 5.32 Å². The molecule has 1 aliphatic rings. The van der Waals surface area contributed by atoms with Crippen LogP contribution in [0.25, 0.3) is 11.5 Å². The Bertz CT molecular complexity index is 772. The Morgan fingerprint density at radius 1 is 1.19 bits per heavy atom. The number of hydrogen-bond donors (Lipinski definition) is 2. The molecule has 0 spiro atoms. The molecule has 1 aromatic carbocycles. The van der Waals surface area contributed by atoms with E-state index in [4.69, 9.17) is 4.42 Å². The van der Waals surface area contributed by atoms with Crippen LogP contribution in [0.5, 0.6) is 0 Å². The third kappa shape index (κ3) is 4.47. The molecular formula is C19H21FN2O4. The van der Waals surface area contributed by atoms with Crippen LogP contribution in [0.2, 0.25) is 0 Å². The van der Waals surface area contributed by atoms with E-state index < -0.39 is 11.9 Å². The van der Waals surface area contributed by atoms with Gasteiger partial charge in [0, 0.05) is 11.6 Å². The Morgan fingerprint density at radius 2 is 1.92 bits per heavy atom. The first-order valence-corrected chi connectivity index (χ1v) is 8.75. The van der Waals surface area contributed by atoms with Gasteiger partial charge in [0.1, 0.15) is 12.1 Å². The van der Waals surface area contributed by atoms with Gasteiger partial charge in [0.15, 0.2) is 0 Å². The van der Waals surface area contributed by atoms with E-state index in [0.717, 1.165) is 19.3 Å². The monoisotopic (exact) mass is 360 g/mol. The van der Waals surface area contributed by atoms with Crippen molar-refractivity contribution < 1.29 is 23.5 Å². The van der Waals surface area contributed by atoms with Crippen molar-refractivity contribution in [2.75, 3.05) is 0 Å². The summed E-state index contributed by atoms with van der Waals surface area (Å²) in [6.07, 6.45) is 5.41. The van der Waals surface area contributed by atoms with E-state index in [0.29, 0.717) is 30.0 Å². The lowest BCUT2D eigenvalue weighted by molar-refractivity contribution is -0.143. The van der Waals surface area contributed by atoms with Crippen molar-refractivity contribution in [2.45, 2.75) is 44.6 Å². The Kier molecular flexibility index (Phi) is 5.65. The molecule has 138 valence electrons. The molecule has 6 nitrogen and oxygen atoms in total. The van der Waals surface area contributed by atoms with Gasteiger partial charge in [-0.3, -0.25) is 9.59 Å². The fourth-order valence-electron chi connectivity index (χ4n) is 3.31. The zero-order chi connectivity index (χ0) is 18.5. The number of carbonyl (C=O) groups is 2. The second-order valence-electron chi connectivity index (χ2n) is 6.58. The Labute approximate surface area is 150 Å². The number of amides is 1. The van der Waals surface area contributed by atoms with Crippen LogP contribution >= 0.6 is 0 Å². The summed E-state index contributed by atoms with van der Waals surface area (Å²) in [5, 5.41) is 12.2. The number of aromatic nitrogens is 1. The number of nitrogens with zero attached hydrogens (tertiary/aromatic N) is 1. The van der Waals surface area contributed by atoms with Crippen LogP contribution in [0.4, 0.5) is 4.39 Å². The molecule has 0 unspecified atom stereocenters. The van der Waals surface area contributed by atoms with Crippen molar-refractivity contribution in [1.82, 2.24) is 10.3 Å². The summed E-state index contributed by atoms with van der Waals surface area (Å²) < 4.78 is 18.3. The first-order valence-electron chi connectivity index (χ1n) is 8.75. The summed E-state index contributed by atoms with van der Waals surface area (Å²) in [7, 11) is 0. The molecule has 2 atom stereocenters. The van der Waals surface area contributed by atoms with E-state index in [9.17, 15) is 19.1 Å². The molecule has 3 rings (SSSR count). The predicted octanol–water partition coefficient (Wildman–Crippen LogP) is 3.17. The Morgan fingerprint density at radius 3 is 2.65 bits per heavy atom. The van der Waals surface area contributed by atoms with Gasteiger partial charge < -0.3 is 14.8 Å². The van der Waals surface area contributed by atoms with E-state index in [1.165, 1.54) is 18.4 Å². The van der Waals surface area contributed by atoms with Gasteiger partial charge in [-0.2, -0.15) is 0 Å². The van der Waals surface area contributed by atoms with Crippen molar-refractivity contribution in [3.8, 4) is 11.5 Å². The molecule has 1 amide bonds. The highest BCUT2D eigenvalue weighted by molar-refractivity contribution is 5.80. The number of nitrogens with one attached hydrogen (secondary N) is 1. The number of halogens is 1. The number of rotatable bonds is 5. The quantitative estimate of drug-likeness (QED) is 0.799. The highest BCUT2D eigenvalue weighted by Gasteiger charge is 2.30. The summed E-state index contributed by atoms with van der Waals surface area (Å²) >= 11 is 0. The molecule has 1 aromatic heterocycles. The molecular weight excluding hydrogens is 339 g/mol. The summed E-state index contributed by atoms with van der Waals surface area (Å²) in [5.74, 6) is -1.73. The second kappa shape index (κ2) is 8.12. The fourth-order valence-corrected chi connectivity index (χ4v) is 3.31. The van der Waals surface area contributed by atoms with Crippen LogP contribution in [0.15, 0.2) is 34.9 Å². The van der Waals surface area contributed by atoms with Crippen LogP contribution in [-0.4, -0.2) is 28.0 Å². The number of carbonyl (C=O) groups excluding carboxylic acids is 1. The van der Waals surface area contributed by atoms with E-state index >= 15 is 0 Å². The lowest BCUT2D eigenvalue weighted by Gasteiger charge is -2.22. The molecule has 0 bridgehead atoms. The van der Waals surface area contributed by atoms with E-state index in [-0.39, 0.29) is 24.2 Å². The average Bonchev–Trinajstić information content (AvgIpc) is 2.93. The topological polar surface area (TPSA) is 92.4 Å². The van der Waals surface area contributed by atoms with Crippen LogP contribution in [-0.2, 0) is 16.0 Å². The smallest absolute Gasteiger partial charge is 0.308 e. The van der Waals surface area contributed by atoms with E-state index in [1.807, 2.05) is 0 Å². The standard InChI is InChI=1S/C19H21FN2O4/c20-13-8-6-12(7-9-13)18-21-14(11-26-18)10-17(23)22-16-5-3-1-2-4-15(16)19(24)25/h6-9,11,15-16H,1-5,10H2,(H,22,23)(H,24,25)/t15-,16+/m1/s1. The second-order valence-corrected chi connectivity index (χ2v) is 6.58. The molecule has 1 saturated carbocycles. The van der Waals surface area contributed by atoms with Gasteiger partial charge in [0.2, 0.25) is 11.8 Å². The van der Waals surface area contributed by atoms with Gasteiger partial charge in [-0.05, 0) is 37.1 Å². The number of benzene rings is 1. The predicted molar refractivity (Wildman–Crippen MR) is 91.7 cm³/mol. The molecule has 26 heavy (non-hydrogen) atoms. The van der Waals surface area contributed by atoms with E-state index in [1.54, 1.807) is 12.1 Å². The van der Waals surface area contributed by atoms with Crippen molar-refractivity contribution in [2.24, 2.45) is 5.92 Å². The van der Waals surface area contributed by atoms with Crippen LogP contribution in [0.3, 0.4) is 0 Å². The van der Waals surface area contributed by atoms with Crippen LogP contribution in [0.1, 0.15) is 37.8 Å². The minimum Gasteiger partial charge on any atom is -0.481 e. The van der Waals surface area contributed by atoms with Gasteiger partial charge >= 0.3 is 5.97 Å². The number of oxazole rings is 1. The zero-order valence-electron chi connectivity index (χ0n) is 14.3. The van der Waals surface area contributed by atoms with Gasteiger partial charge in [-0.1, -0.05) is 19.3 Å². The molecule has 2 aromatic rings. The zero-order valence-corrected chi connectivity index (χ0v) is 14.3. The van der Waals surface area contributed by atoms with Crippen molar-refractivity contribution in [1.29, 1.82) is 0 Å². The Hall–Kier alpha value is -2.70. The number of carboxylic acids is 1. The maximum absolute atomic E-state index is 13.0. The summed E-state index contributed by atoms with van der Waals surface area (Å²) in [6, 6.07) is 5.36. The molecule has 7 heteroatoms. The largest absolute Gasteiger partial charge is 0.481 e. The molecule has 1 aliphatic carbocycles. The summed E-state index contributed by atoms with van der Waals surface area (Å²) in [4.78, 5) is 28.0. The van der Waals surface area contributed by atoms with Gasteiger partial charge in [-0.15, -0.1) is 0 Å². The maximum atomic E-state index is 13.0. The normalized spacial score (nSPS) is 20.3. The van der Waals surface area contributed by atoms with Crippen LogP contribution in [0, 0.1) is 11.7 Å². The first-order chi connectivity index (χ1) is 12.5. The highest BCUT2D eigenvalue weighted by Crippen LogP contribution is 2.24. The fraction of sp³-hybridized carbons (Fsp3) is 0.421. The number of carboxylic acid groups (broad SMARTS) is 1. The highest BCUT2D eigenvalue weighted by atomic mass is 19.1. The SMILES string of the molecule is O=C(Cc1coc(-c2ccc(F)cc2)n1)N[C@H]1CCCCC[C@H]1C(=O)O. The molecule has 2 N–H and O–H groups in total. The number of hydrogen-bond acceptors (Lipinski definition) is 4. The molecule has 1 heterocycles. The minimum absolute atomic E-state index is 0.00747. The van der Waals surface area contributed by atoms with Crippen molar-refractivity contribution >= 4 is 11.9 Å². The molecule has 1 fully saturated rings. The third-order valence-electron chi connectivity index (χ3n) is 4.66. The first kappa shape index (κ1) is 18.1. The van der Waals surface area contributed by atoms with Gasteiger partial charge in [0.05, 0.1) is 18.0 Å². The summed E-state index contributed by atoms with van der Waals surface area (Å²) in [6.45, 7) is 0. The number of aliphatic carboxylic acids is 1. The van der Waals surface area contributed by atoms with E-state index in [2.05, 4.69) is 10.3 Å². The molecule has 0 aliphatic heterocycles. The average molecular weight is 360 g/mol. The Balaban J connectivity index is 1.62. The minimum atomic E-state index is -0.864. The summed E-state index contributed by atoms with van der Waals surface area (Å²) in [5.41, 5.74) is 1.06. The molecule has 0 saturated heterocycles.